The van der Waals surface area contributed by atoms with Crippen molar-refractivity contribution in [3.8, 4) is 6.07 Å². The predicted octanol–water partition coefficient (Wildman–Crippen LogP) is 4.44. The Balaban J connectivity index is 1.53. The molecule has 7 heteroatoms. The molecule has 0 unspecified atom stereocenters. The SMILES string of the molecule is C[C@@H]1C[C@@H]1c1ccc(/C=C(\C#N)C(=O)Nc2cc(Cl)ccc2N2CCOCC2)o1. The van der Waals surface area contributed by atoms with Crippen LogP contribution in [0.2, 0.25) is 5.02 Å². The van der Waals surface area contributed by atoms with E-state index in [4.69, 9.17) is 20.8 Å². The van der Waals surface area contributed by atoms with Crippen molar-refractivity contribution in [2.75, 3.05) is 36.5 Å². The standard InChI is InChI=1S/C22H22ClN3O3/c1-14-10-18(14)21-5-3-17(29-21)11-15(13-24)22(27)25-19-12-16(23)2-4-20(19)26-6-8-28-9-7-26/h2-5,11-12,14,18H,6-10H2,1H3,(H,25,27)/b15-11+/t14-,18+/m1/s1. The number of morpholine rings is 1. The number of amides is 1. The molecule has 1 amide bonds. The molecule has 2 aromatic rings. The first-order chi connectivity index (χ1) is 14.0. The van der Waals surface area contributed by atoms with Crippen LogP contribution >= 0.6 is 11.6 Å². The van der Waals surface area contributed by atoms with Gasteiger partial charge in [0.25, 0.3) is 5.91 Å². The molecule has 1 aromatic heterocycles. The maximum Gasteiger partial charge on any atom is 0.266 e. The van der Waals surface area contributed by atoms with Crippen molar-refractivity contribution in [3.05, 3.63) is 52.4 Å². The van der Waals surface area contributed by atoms with Crippen molar-refractivity contribution < 1.29 is 13.9 Å². The van der Waals surface area contributed by atoms with Crippen molar-refractivity contribution in [2.24, 2.45) is 5.92 Å². The van der Waals surface area contributed by atoms with Gasteiger partial charge in [0.15, 0.2) is 0 Å². The fraction of sp³-hybridized carbons (Fsp3) is 0.364. The van der Waals surface area contributed by atoms with E-state index in [1.54, 1.807) is 18.2 Å². The number of carbonyl (C=O) groups excluding carboxylic acids is 1. The number of furan rings is 1. The van der Waals surface area contributed by atoms with Gasteiger partial charge < -0.3 is 19.4 Å². The van der Waals surface area contributed by atoms with Crippen molar-refractivity contribution in [1.29, 1.82) is 5.26 Å². The van der Waals surface area contributed by atoms with E-state index in [0.29, 0.717) is 41.5 Å². The van der Waals surface area contributed by atoms with Gasteiger partial charge in [0.2, 0.25) is 0 Å². The topological polar surface area (TPSA) is 78.5 Å². The summed E-state index contributed by atoms with van der Waals surface area (Å²) in [6.45, 7) is 4.87. The highest BCUT2D eigenvalue weighted by atomic mass is 35.5. The number of nitrogens with one attached hydrogen (secondary N) is 1. The number of hydrogen-bond donors (Lipinski definition) is 1. The van der Waals surface area contributed by atoms with Crippen LogP contribution in [0.25, 0.3) is 6.08 Å². The van der Waals surface area contributed by atoms with E-state index >= 15 is 0 Å². The quantitative estimate of drug-likeness (QED) is 0.581. The third kappa shape index (κ3) is 4.47. The predicted molar refractivity (Wildman–Crippen MR) is 112 cm³/mol. The first-order valence-electron chi connectivity index (χ1n) is 9.70. The number of ether oxygens (including phenoxy) is 1. The van der Waals surface area contributed by atoms with Gasteiger partial charge in [-0.25, -0.2) is 0 Å². The Morgan fingerprint density at radius 3 is 2.76 bits per heavy atom. The highest BCUT2D eigenvalue weighted by Gasteiger charge is 2.36. The lowest BCUT2D eigenvalue weighted by atomic mass is 10.2. The fourth-order valence-corrected chi connectivity index (χ4v) is 3.70. The summed E-state index contributed by atoms with van der Waals surface area (Å²) in [5, 5.41) is 12.8. The molecule has 1 saturated carbocycles. The molecule has 0 spiro atoms. The molecule has 1 aromatic carbocycles. The monoisotopic (exact) mass is 411 g/mol. The minimum Gasteiger partial charge on any atom is -0.461 e. The van der Waals surface area contributed by atoms with E-state index in [1.165, 1.54) is 6.08 Å². The fourth-order valence-electron chi connectivity index (χ4n) is 3.53. The van der Waals surface area contributed by atoms with Crippen LogP contribution in [0, 0.1) is 17.2 Å². The Morgan fingerprint density at radius 1 is 1.31 bits per heavy atom. The Labute approximate surface area is 174 Å². The van der Waals surface area contributed by atoms with Crippen LogP contribution < -0.4 is 10.2 Å². The van der Waals surface area contributed by atoms with E-state index in [1.807, 2.05) is 18.2 Å². The van der Waals surface area contributed by atoms with Crippen LogP contribution in [0.4, 0.5) is 11.4 Å². The molecule has 1 saturated heterocycles. The van der Waals surface area contributed by atoms with Crippen molar-refractivity contribution in [3.63, 3.8) is 0 Å². The summed E-state index contributed by atoms with van der Waals surface area (Å²) in [6, 6.07) is 11.0. The Hall–Kier alpha value is -2.75. The molecular formula is C22H22ClN3O3. The third-order valence-corrected chi connectivity index (χ3v) is 5.57. The Kier molecular flexibility index (Phi) is 5.61. The second kappa shape index (κ2) is 8.32. The summed E-state index contributed by atoms with van der Waals surface area (Å²) in [5.74, 6) is 1.98. The largest absolute Gasteiger partial charge is 0.461 e. The molecule has 1 N–H and O–H groups in total. The molecule has 29 heavy (non-hydrogen) atoms. The van der Waals surface area contributed by atoms with Crippen LogP contribution in [0.3, 0.4) is 0 Å². The van der Waals surface area contributed by atoms with Gasteiger partial charge in [0, 0.05) is 30.1 Å². The molecule has 150 valence electrons. The number of hydrogen-bond acceptors (Lipinski definition) is 5. The van der Waals surface area contributed by atoms with E-state index in [2.05, 4.69) is 17.1 Å². The summed E-state index contributed by atoms with van der Waals surface area (Å²) in [4.78, 5) is 14.9. The number of nitriles is 1. The van der Waals surface area contributed by atoms with Crippen molar-refractivity contribution in [2.45, 2.75) is 19.3 Å². The highest BCUT2D eigenvalue weighted by molar-refractivity contribution is 6.31. The Morgan fingerprint density at radius 2 is 2.07 bits per heavy atom. The number of nitrogens with zero attached hydrogens (tertiary/aromatic N) is 2. The van der Waals surface area contributed by atoms with Gasteiger partial charge in [-0.15, -0.1) is 0 Å². The third-order valence-electron chi connectivity index (χ3n) is 5.33. The molecule has 1 aliphatic carbocycles. The molecule has 2 atom stereocenters. The maximum atomic E-state index is 12.8. The van der Waals surface area contributed by atoms with Gasteiger partial charge in [-0.1, -0.05) is 18.5 Å². The lowest BCUT2D eigenvalue weighted by Gasteiger charge is -2.30. The first kappa shape index (κ1) is 19.6. The van der Waals surface area contributed by atoms with Gasteiger partial charge in [-0.05, 0) is 42.7 Å². The molecular weight excluding hydrogens is 390 g/mol. The summed E-state index contributed by atoms with van der Waals surface area (Å²) in [7, 11) is 0. The molecule has 4 rings (SSSR count). The van der Waals surface area contributed by atoms with Gasteiger partial charge in [0.05, 0.1) is 24.6 Å². The van der Waals surface area contributed by atoms with Crippen molar-refractivity contribution in [1.82, 2.24) is 0 Å². The van der Waals surface area contributed by atoms with Gasteiger partial charge in [0.1, 0.15) is 23.2 Å². The molecule has 0 bridgehead atoms. The first-order valence-corrected chi connectivity index (χ1v) is 10.1. The summed E-state index contributed by atoms with van der Waals surface area (Å²) in [5.41, 5.74) is 1.39. The second-order valence-electron chi connectivity index (χ2n) is 7.44. The number of anilines is 2. The molecule has 0 radical (unpaired) electrons. The zero-order valence-electron chi connectivity index (χ0n) is 16.2. The number of benzene rings is 1. The number of carbonyl (C=O) groups is 1. The lowest BCUT2D eigenvalue weighted by Crippen LogP contribution is -2.36. The van der Waals surface area contributed by atoms with Crippen LogP contribution in [0.1, 0.15) is 30.8 Å². The van der Waals surface area contributed by atoms with E-state index in [0.717, 1.165) is 31.0 Å². The zero-order valence-corrected chi connectivity index (χ0v) is 16.9. The lowest BCUT2D eigenvalue weighted by molar-refractivity contribution is -0.112. The smallest absolute Gasteiger partial charge is 0.266 e. The molecule has 2 fully saturated rings. The summed E-state index contributed by atoms with van der Waals surface area (Å²) < 4.78 is 11.2. The minimum absolute atomic E-state index is 0.0253. The van der Waals surface area contributed by atoms with Crippen molar-refractivity contribution >= 4 is 35.0 Å². The van der Waals surface area contributed by atoms with Crippen LogP contribution in [-0.4, -0.2) is 32.2 Å². The minimum atomic E-state index is -0.498. The van der Waals surface area contributed by atoms with Gasteiger partial charge in [-0.2, -0.15) is 5.26 Å². The average molecular weight is 412 g/mol. The van der Waals surface area contributed by atoms with Crippen LogP contribution in [-0.2, 0) is 9.53 Å². The maximum absolute atomic E-state index is 12.8. The van der Waals surface area contributed by atoms with Gasteiger partial charge in [-0.3, -0.25) is 4.79 Å². The normalized spacial score (nSPS) is 21.6. The van der Waals surface area contributed by atoms with E-state index in [9.17, 15) is 10.1 Å². The van der Waals surface area contributed by atoms with E-state index < -0.39 is 5.91 Å². The second-order valence-corrected chi connectivity index (χ2v) is 7.88. The molecule has 2 heterocycles. The van der Waals surface area contributed by atoms with Crippen LogP contribution in [0.5, 0.6) is 0 Å². The van der Waals surface area contributed by atoms with Gasteiger partial charge >= 0.3 is 0 Å². The molecule has 2 aliphatic rings. The summed E-state index contributed by atoms with van der Waals surface area (Å²) >= 11 is 6.14. The molecule has 1 aliphatic heterocycles. The number of rotatable bonds is 5. The highest BCUT2D eigenvalue weighted by Crippen LogP contribution is 2.47. The zero-order chi connectivity index (χ0) is 20.4. The number of halogens is 1. The van der Waals surface area contributed by atoms with Crippen LogP contribution in [0.15, 0.2) is 40.3 Å². The van der Waals surface area contributed by atoms with E-state index in [-0.39, 0.29) is 5.57 Å². The average Bonchev–Trinajstić information content (AvgIpc) is 3.27. The molecule has 6 nitrogen and oxygen atoms in total. The summed E-state index contributed by atoms with van der Waals surface area (Å²) in [6.07, 6.45) is 2.59. The Bertz CT molecular complexity index is 985.